The van der Waals surface area contributed by atoms with Gasteiger partial charge in [-0.1, -0.05) is 12.8 Å². The normalized spacial score (nSPS) is 14.4. The van der Waals surface area contributed by atoms with E-state index < -0.39 is 0 Å². The molecule has 1 aliphatic rings. The molecule has 0 spiro atoms. The largest absolute Gasteiger partial charge is 0.353 e. The number of rotatable bonds is 6. The van der Waals surface area contributed by atoms with E-state index in [2.05, 4.69) is 15.6 Å². The molecule has 1 aromatic carbocycles. The fourth-order valence-electron chi connectivity index (χ4n) is 3.06. The van der Waals surface area contributed by atoms with E-state index in [4.69, 9.17) is 0 Å². The van der Waals surface area contributed by atoms with E-state index in [-0.39, 0.29) is 24.1 Å². The van der Waals surface area contributed by atoms with Gasteiger partial charge < -0.3 is 10.6 Å². The molecule has 0 radical (unpaired) electrons. The number of aromatic nitrogens is 1. The predicted molar refractivity (Wildman–Crippen MR) is 99.6 cm³/mol. The maximum Gasteiger partial charge on any atom is 0.263 e. The first-order valence-corrected chi connectivity index (χ1v) is 9.65. The Morgan fingerprint density at radius 3 is 2.62 bits per heavy atom. The third kappa shape index (κ3) is 4.66. The zero-order valence-electron chi connectivity index (χ0n) is 14.7. The molecule has 0 atom stereocenters. The molecule has 0 unspecified atom stereocenters. The molecule has 1 fully saturated rings. The molecule has 0 saturated heterocycles. The van der Waals surface area contributed by atoms with Gasteiger partial charge in [0.25, 0.3) is 5.91 Å². The Morgan fingerprint density at radius 1 is 1.23 bits per heavy atom. The minimum Gasteiger partial charge on any atom is -0.353 e. The van der Waals surface area contributed by atoms with Gasteiger partial charge in [0.1, 0.15) is 15.7 Å². The SMILES string of the molecule is Cc1nc(-c2ccc(F)cc2)sc1C(=O)NCCC(=O)NC1CCCC1. The summed E-state index contributed by atoms with van der Waals surface area (Å²) in [6.45, 7) is 2.06. The average molecular weight is 375 g/mol. The van der Waals surface area contributed by atoms with Gasteiger partial charge in [-0.25, -0.2) is 9.37 Å². The number of amides is 2. The van der Waals surface area contributed by atoms with Crippen molar-refractivity contribution in [2.24, 2.45) is 0 Å². The number of carbonyl (C=O) groups is 2. The van der Waals surface area contributed by atoms with E-state index in [1.165, 1.54) is 36.3 Å². The van der Waals surface area contributed by atoms with Crippen molar-refractivity contribution in [1.29, 1.82) is 0 Å². The fraction of sp³-hybridized carbons (Fsp3) is 0.421. The smallest absolute Gasteiger partial charge is 0.263 e. The first-order valence-electron chi connectivity index (χ1n) is 8.84. The van der Waals surface area contributed by atoms with Crippen molar-refractivity contribution in [2.45, 2.75) is 45.1 Å². The Bertz CT molecular complexity index is 783. The molecule has 1 saturated carbocycles. The maximum atomic E-state index is 13.0. The van der Waals surface area contributed by atoms with Crippen LogP contribution in [0.4, 0.5) is 4.39 Å². The minimum atomic E-state index is -0.309. The number of hydrogen-bond donors (Lipinski definition) is 2. The van der Waals surface area contributed by atoms with Crippen molar-refractivity contribution >= 4 is 23.2 Å². The van der Waals surface area contributed by atoms with Gasteiger partial charge in [0.15, 0.2) is 0 Å². The molecule has 1 aromatic heterocycles. The average Bonchev–Trinajstić information content (AvgIpc) is 3.25. The summed E-state index contributed by atoms with van der Waals surface area (Å²) in [5, 5.41) is 6.46. The molecule has 1 heterocycles. The summed E-state index contributed by atoms with van der Waals surface area (Å²) in [4.78, 5) is 29.2. The number of hydrogen-bond acceptors (Lipinski definition) is 4. The fourth-order valence-corrected chi connectivity index (χ4v) is 4.05. The first kappa shape index (κ1) is 18.5. The highest BCUT2D eigenvalue weighted by molar-refractivity contribution is 7.17. The van der Waals surface area contributed by atoms with Gasteiger partial charge in [-0.15, -0.1) is 11.3 Å². The second-order valence-electron chi connectivity index (χ2n) is 6.50. The van der Waals surface area contributed by atoms with E-state index in [0.29, 0.717) is 28.2 Å². The maximum absolute atomic E-state index is 13.0. The molecule has 138 valence electrons. The monoisotopic (exact) mass is 375 g/mol. The van der Waals surface area contributed by atoms with Crippen LogP contribution in [0, 0.1) is 12.7 Å². The minimum absolute atomic E-state index is 0.0229. The molecule has 7 heteroatoms. The summed E-state index contributed by atoms with van der Waals surface area (Å²) in [5.41, 5.74) is 1.40. The topological polar surface area (TPSA) is 71.1 Å². The van der Waals surface area contributed by atoms with Crippen LogP contribution in [0.2, 0.25) is 0 Å². The van der Waals surface area contributed by atoms with Crippen molar-refractivity contribution in [3.05, 3.63) is 40.7 Å². The molecule has 2 N–H and O–H groups in total. The first-order chi connectivity index (χ1) is 12.5. The molecular weight excluding hydrogens is 353 g/mol. The molecule has 3 rings (SSSR count). The Morgan fingerprint density at radius 2 is 1.92 bits per heavy atom. The zero-order valence-corrected chi connectivity index (χ0v) is 15.5. The summed E-state index contributed by atoms with van der Waals surface area (Å²) < 4.78 is 13.0. The summed E-state index contributed by atoms with van der Waals surface area (Å²) >= 11 is 1.27. The molecular formula is C19H22FN3O2S. The van der Waals surface area contributed by atoms with E-state index in [1.807, 2.05) is 0 Å². The molecule has 5 nitrogen and oxygen atoms in total. The highest BCUT2D eigenvalue weighted by Crippen LogP contribution is 2.28. The zero-order chi connectivity index (χ0) is 18.5. The van der Waals surface area contributed by atoms with E-state index in [0.717, 1.165) is 18.4 Å². The molecule has 2 aromatic rings. The number of carbonyl (C=O) groups excluding carboxylic acids is 2. The lowest BCUT2D eigenvalue weighted by molar-refractivity contribution is -0.121. The van der Waals surface area contributed by atoms with Crippen LogP contribution in [0.25, 0.3) is 10.6 Å². The van der Waals surface area contributed by atoms with Crippen LogP contribution < -0.4 is 10.6 Å². The number of nitrogens with zero attached hydrogens (tertiary/aromatic N) is 1. The third-order valence-corrected chi connectivity index (χ3v) is 5.66. The third-order valence-electron chi connectivity index (χ3n) is 4.45. The Balaban J connectivity index is 1.53. The molecule has 26 heavy (non-hydrogen) atoms. The van der Waals surface area contributed by atoms with Crippen LogP contribution in [0.1, 0.15) is 47.5 Å². The van der Waals surface area contributed by atoms with Crippen molar-refractivity contribution in [2.75, 3.05) is 6.54 Å². The highest BCUT2D eigenvalue weighted by atomic mass is 32.1. The Hall–Kier alpha value is -2.28. The number of halogens is 1. The van der Waals surface area contributed by atoms with Crippen molar-refractivity contribution in [3.8, 4) is 10.6 Å². The molecule has 0 aliphatic heterocycles. The summed E-state index contributed by atoms with van der Waals surface area (Å²) in [6, 6.07) is 6.31. The van der Waals surface area contributed by atoms with Gasteiger partial charge in [-0.05, 0) is 44.0 Å². The van der Waals surface area contributed by atoms with Crippen LogP contribution >= 0.6 is 11.3 Å². The molecule has 1 aliphatic carbocycles. The lowest BCUT2D eigenvalue weighted by Gasteiger charge is -2.11. The number of nitrogens with one attached hydrogen (secondary N) is 2. The van der Waals surface area contributed by atoms with Crippen LogP contribution in [-0.2, 0) is 4.79 Å². The Labute approximate surface area is 156 Å². The van der Waals surface area contributed by atoms with Crippen LogP contribution in [0.5, 0.6) is 0 Å². The van der Waals surface area contributed by atoms with E-state index in [9.17, 15) is 14.0 Å². The lowest BCUT2D eigenvalue weighted by atomic mass is 10.2. The summed E-state index contributed by atoms with van der Waals surface area (Å²) in [6.07, 6.45) is 4.70. The van der Waals surface area contributed by atoms with Crippen molar-refractivity contribution in [3.63, 3.8) is 0 Å². The van der Waals surface area contributed by atoms with Gasteiger partial charge in [0.05, 0.1) is 5.69 Å². The van der Waals surface area contributed by atoms with E-state index >= 15 is 0 Å². The van der Waals surface area contributed by atoms with Gasteiger partial charge in [0, 0.05) is 24.6 Å². The van der Waals surface area contributed by atoms with Crippen molar-refractivity contribution in [1.82, 2.24) is 15.6 Å². The van der Waals surface area contributed by atoms with Gasteiger partial charge in [0.2, 0.25) is 5.91 Å². The lowest BCUT2D eigenvalue weighted by Crippen LogP contribution is -2.35. The molecule has 2 amide bonds. The second kappa shape index (κ2) is 8.40. The number of aryl methyl sites for hydroxylation is 1. The van der Waals surface area contributed by atoms with Gasteiger partial charge in [-0.2, -0.15) is 0 Å². The number of thiazole rings is 1. The predicted octanol–water partition coefficient (Wildman–Crippen LogP) is 3.44. The van der Waals surface area contributed by atoms with Gasteiger partial charge in [-0.3, -0.25) is 9.59 Å². The standard InChI is InChI=1S/C19H22FN3O2S/c1-12-17(26-19(22-12)13-6-8-14(20)9-7-13)18(25)21-11-10-16(24)23-15-4-2-3-5-15/h6-9,15H,2-5,10-11H2,1H3,(H,21,25)(H,23,24). The highest BCUT2D eigenvalue weighted by Gasteiger charge is 2.18. The summed E-state index contributed by atoms with van der Waals surface area (Å²) in [5.74, 6) is -0.567. The van der Waals surface area contributed by atoms with Gasteiger partial charge >= 0.3 is 0 Å². The quantitative estimate of drug-likeness (QED) is 0.812. The summed E-state index contributed by atoms with van der Waals surface area (Å²) in [7, 11) is 0. The van der Waals surface area contributed by atoms with Crippen LogP contribution in [0.15, 0.2) is 24.3 Å². The van der Waals surface area contributed by atoms with Crippen LogP contribution in [-0.4, -0.2) is 29.4 Å². The van der Waals surface area contributed by atoms with E-state index in [1.54, 1.807) is 19.1 Å². The van der Waals surface area contributed by atoms with Crippen LogP contribution in [0.3, 0.4) is 0 Å². The van der Waals surface area contributed by atoms with Crippen molar-refractivity contribution < 1.29 is 14.0 Å². The second-order valence-corrected chi connectivity index (χ2v) is 7.49. The Kier molecular flexibility index (Phi) is 5.98. The number of benzene rings is 1. The molecule has 0 bridgehead atoms.